The van der Waals surface area contributed by atoms with Gasteiger partial charge in [0.25, 0.3) is 10.0 Å². The lowest BCUT2D eigenvalue weighted by Crippen LogP contribution is -2.12. The van der Waals surface area contributed by atoms with E-state index in [0.29, 0.717) is 16.8 Å². The molecule has 140 valence electrons. The molecule has 0 fully saturated rings. The van der Waals surface area contributed by atoms with E-state index in [0.717, 1.165) is 11.1 Å². The minimum absolute atomic E-state index is 0.0337. The maximum atomic E-state index is 12.4. The van der Waals surface area contributed by atoms with Crippen molar-refractivity contribution in [2.75, 3.05) is 4.72 Å². The Morgan fingerprint density at radius 1 is 0.893 bits per heavy atom. The fourth-order valence-corrected chi connectivity index (χ4v) is 4.29. The van der Waals surface area contributed by atoms with E-state index in [1.807, 2.05) is 54.6 Å². The van der Waals surface area contributed by atoms with Gasteiger partial charge >= 0.3 is 0 Å². The highest BCUT2D eigenvalue weighted by Crippen LogP contribution is 2.32. The van der Waals surface area contributed by atoms with Crippen molar-refractivity contribution in [1.29, 1.82) is 0 Å². The molecular formula is C20H15N3O3S2. The van der Waals surface area contributed by atoms with Crippen LogP contribution in [0.3, 0.4) is 0 Å². The van der Waals surface area contributed by atoms with E-state index >= 15 is 0 Å². The number of pyridine rings is 1. The molecule has 0 spiro atoms. The molecule has 0 aliphatic rings. The molecule has 0 radical (unpaired) electrons. The Labute approximate surface area is 166 Å². The summed E-state index contributed by atoms with van der Waals surface area (Å²) in [6, 6.07) is 20.4. The lowest BCUT2D eigenvalue weighted by atomic mass is 10.1. The van der Waals surface area contributed by atoms with Gasteiger partial charge in [-0.1, -0.05) is 48.5 Å². The summed E-state index contributed by atoms with van der Waals surface area (Å²) in [5.41, 5.74) is 1.94. The fraction of sp³-hybridized carbons (Fsp3) is 0. The second-order valence-electron chi connectivity index (χ2n) is 5.74. The number of anilines is 1. The van der Waals surface area contributed by atoms with Crippen molar-refractivity contribution in [1.82, 2.24) is 9.97 Å². The fourth-order valence-electron chi connectivity index (χ4n) is 2.56. The number of sulfonamides is 1. The predicted octanol–water partition coefficient (Wildman–Crippen LogP) is 4.80. The lowest BCUT2D eigenvalue weighted by Gasteiger charge is -2.11. The maximum Gasteiger partial charge on any atom is 0.265 e. The minimum atomic E-state index is -3.74. The van der Waals surface area contributed by atoms with Crippen molar-refractivity contribution in [3.8, 4) is 22.8 Å². The van der Waals surface area contributed by atoms with Crippen LogP contribution in [0.1, 0.15) is 0 Å². The number of para-hydroxylation sites is 1. The number of nitrogens with zero attached hydrogens (tertiary/aromatic N) is 2. The number of hydrogen-bond acceptors (Lipinski definition) is 6. The molecule has 0 amide bonds. The quantitative estimate of drug-likeness (QED) is 0.495. The number of hydrogen-bond donors (Lipinski definition) is 1. The van der Waals surface area contributed by atoms with E-state index < -0.39 is 10.0 Å². The molecule has 4 aromatic rings. The van der Waals surface area contributed by atoms with Gasteiger partial charge in [0.1, 0.15) is 10.6 Å². The second-order valence-corrected chi connectivity index (χ2v) is 8.32. The molecule has 0 saturated heterocycles. The SMILES string of the molecule is O=S(=O)(Nc1nccs1)c1ccc(Oc2ccccc2-c2ccccc2)nc1. The zero-order chi connectivity index (χ0) is 19.4. The molecule has 2 aromatic heterocycles. The zero-order valence-corrected chi connectivity index (χ0v) is 16.2. The summed E-state index contributed by atoms with van der Waals surface area (Å²) in [4.78, 5) is 8.10. The van der Waals surface area contributed by atoms with Crippen molar-refractivity contribution >= 4 is 26.5 Å². The van der Waals surface area contributed by atoms with Crippen LogP contribution in [0.15, 0.2) is 89.4 Å². The summed E-state index contributed by atoms with van der Waals surface area (Å²) in [6.07, 6.45) is 2.79. The van der Waals surface area contributed by atoms with Crippen LogP contribution in [-0.2, 0) is 10.0 Å². The van der Waals surface area contributed by atoms with Gasteiger partial charge in [0.2, 0.25) is 5.88 Å². The molecule has 0 atom stereocenters. The predicted molar refractivity (Wildman–Crippen MR) is 109 cm³/mol. The first kappa shape index (κ1) is 18.1. The largest absolute Gasteiger partial charge is 0.438 e. The lowest BCUT2D eigenvalue weighted by molar-refractivity contribution is 0.463. The summed E-state index contributed by atoms with van der Waals surface area (Å²) >= 11 is 1.20. The summed E-state index contributed by atoms with van der Waals surface area (Å²) in [5.74, 6) is 0.939. The van der Waals surface area contributed by atoms with Crippen LogP contribution >= 0.6 is 11.3 Å². The first-order valence-electron chi connectivity index (χ1n) is 8.32. The smallest absolute Gasteiger partial charge is 0.265 e. The number of ether oxygens (including phenoxy) is 1. The van der Waals surface area contributed by atoms with E-state index in [9.17, 15) is 8.42 Å². The molecule has 0 aliphatic heterocycles. The topological polar surface area (TPSA) is 81.2 Å². The van der Waals surface area contributed by atoms with E-state index in [1.54, 1.807) is 5.38 Å². The van der Waals surface area contributed by atoms with Gasteiger partial charge < -0.3 is 4.74 Å². The van der Waals surface area contributed by atoms with Gasteiger partial charge in [-0.15, -0.1) is 11.3 Å². The Kier molecular flexibility index (Phi) is 5.05. The van der Waals surface area contributed by atoms with Crippen molar-refractivity contribution in [3.63, 3.8) is 0 Å². The summed E-state index contributed by atoms with van der Waals surface area (Å²) in [7, 11) is -3.74. The highest BCUT2D eigenvalue weighted by atomic mass is 32.2. The number of rotatable bonds is 6. The van der Waals surface area contributed by atoms with Gasteiger partial charge in [0.15, 0.2) is 5.13 Å². The summed E-state index contributed by atoms with van der Waals surface area (Å²) in [6.45, 7) is 0. The number of aromatic nitrogens is 2. The second kappa shape index (κ2) is 7.79. The third-order valence-electron chi connectivity index (χ3n) is 3.86. The Balaban J connectivity index is 1.56. The zero-order valence-electron chi connectivity index (χ0n) is 14.5. The van der Waals surface area contributed by atoms with Gasteiger partial charge in [-0.25, -0.2) is 18.4 Å². The van der Waals surface area contributed by atoms with Gasteiger partial charge in [-0.2, -0.15) is 0 Å². The standard InChI is InChI=1S/C20H15N3O3S2/c24-28(25,23-20-21-12-13-27-20)16-10-11-19(22-14-16)26-18-9-5-4-8-17(18)15-6-2-1-3-7-15/h1-14H,(H,21,23). The summed E-state index contributed by atoms with van der Waals surface area (Å²) in [5, 5.41) is 1.99. The van der Waals surface area contributed by atoms with Crippen LogP contribution in [0.2, 0.25) is 0 Å². The Bertz CT molecular complexity index is 1160. The minimum Gasteiger partial charge on any atom is -0.438 e. The van der Waals surface area contributed by atoms with E-state index in [-0.39, 0.29) is 4.90 Å². The average molecular weight is 409 g/mol. The number of benzene rings is 2. The Morgan fingerprint density at radius 3 is 2.39 bits per heavy atom. The van der Waals surface area contributed by atoms with Gasteiger partial charge in [0.05, 0.1) is 6.20 Å². The average Bonchev–Trinajstić information content (AvgIpc) is 3.22. The van der Waals surface area contributed by atoms with Crippen LogP contribution in [0.25, 0.3) is 11.1 Å². The van der Waals surface area contributed by atoms with Gasteiger partial charge in [-0.3, -0.25) is 4.72 Å². The highest BCUT2D eigenvalue weighted by molar-refractivity contribution is 7.93. The van der Waals surface area contributed by atoms with Crippen LogP contribution < -0.4 is 9.46 Å². The molecule has 0 unspecified atom stereocenters. The van der Waals surface area contributed by atoms with Crippen LogP contribution in [-0.4, -0.2) is 18.4 Å². The summed E-state index contributed by atoms with van der Waals surface area (Å²) < 4.78 is 33.1. The molecular weight excluding hydrogens is 394 g/mol. The molecule has 1 N–H and O–H groups in total. The molecule has 0 aliphatic carbocycles. The molecule has 0 saturated carbocycles. The number of thiazole rings is 1. The molecule has 0 bridgehead atoms. The van der Waals surface area contributed by atoms with Crippen molar-refractivity contribution in [2.24, 2.45) is 0 Å². The highest BCUT2D eigenvalue weighted by Gasteiger charge is 2.16. The van der Waals surface area contributed by atoms with E-state index in [1.165, 1.54) is 35.9 Å². The van der Waals surface area contributed by atoms with E-state index in [4.69, 9.17) is 4.74 Å². The monoisotopic (exact) mass is 409 g/mol. The Morgan fingerprint density at radius 2 is 1.68 bits per heavy atom. The molecule has 4 rings (SSSR count). The normalized spacial score (nSPS) is 11.1. The van der Waals surface area contributed by atoms with Crippen LogP contribution in [0, 0.1) is 0 Å². The third kappa shape index (κ3) is 4.03. The number of nitrogens with one attached hydrogen (secondary N) is 1. The van der Waals surface area contributed by atoms with Crippen molar-refractivity contribution < 1.29 is 13.2 Å². The molecule has 8 heteroatoms. The first-order valence-corrected chi connectivity index (χ1v) is 10.7. The van der Waals surface area contributed by atoms with Gasteiger partial charge in [0, 0.05) is 23.2 Å². The van der Waals surface area contributed by atoms with Crippen molar-refractivity contribution in [2.45, 2.75) is 4.90 Å². The first-order chi connectivity index (χ1) is 13.6. The third-order valence-corrected chi connectivity index (χ3v) is 6.00. The van der Waals surface area contributed by atoms with Crippen LogP contribution in [0.4, 0.5) is 5.13 Å². The molecule has 28 heavy (non-hydrogen) atoms. The van der Waals surface area contributed by atoms with Gasteiger partial charge in [-0.05, 0) is 17.7 Å². The Hall–Kier alpha value is -3.23. The van der Waals surface area contributed by atoms with Crippen molar-refractivity contribution in [3.05, 3.63) is 84.5 Å². The van der Waals surface area contributed by atoms with Crippen LogP contribution in [0.5, 0.6) is 11.6 Å². The molecule has 2 heterocycles. The molecule has 2 aromatic carbocycles. The van der Waals surface area contributed by atoms with E-state index in [2.05, 4.69) is 14.7 Å². The molecule has 6 nitrogen and oxygen atoms in total. The maximum absolute atomic E-state index is 12.4.